The molecule has 5 aromatic carbocycles. The summed E-state index contributed by atoms with van der Waals surface area (Å²) in [6.45, 7) is 7.40. The highest BCUT2D eigenvalue weighted by atomic mass is 32.2. The summed E-state index contributed by atoms with van der Waals surface area (Å²) in [4.78, 5) is 16.0. The Labute approximate surface area is 324 Å². The molecule has 5 aromatic rings. The number of ether oxygens (including phenoxy) is 2. The summed E-state index contributed by atoms with van der Waals surface area (Å²) in [5.41, 5.74) is 7.30. The number of aryl methyl sites for hydroxylation is 1. The Morgan fingerprint density at radius 1 is 0.873 bits per heavy atom. The molecule has 6 rings (SSSR count). The molecule has 0 saturated carbocycles. The maximum absolute atomic E-state index is 13.8. The third-order valence-corrected chi connectivity index (χ3v) is 11.3. The fraction of sp³-hybridized carbons (Fsp3) is 0.267. The van der Waals surface area contributed by atoms with Gasteiger partial charge in [0.25, 0.3) is 0 Å². The minimum atomic E-state index is -3.97. The van der Waals surface area contributed by atoms with E-state index in [2.05, 4.69) is 21.5 Å². The van der Waals surface area contributed by atoms with Crippen LogP contribution in [0.3, 0.4) is 0 Å². The van der Waals surface area contributed by atoms with Crippen LogP contribution in [-0.4, -0.2) is 56.6 Å². The second kappa shape index (κ2) is 18.6. The van der Waals surface area contributed by atoms with Crippen molar-refractivity contribution in [2.45, 2.75) is 62.4 Å². The number of amides is 1. The lowest BCUT2D eigenvalue weighted by molar-refractivity contribution is -0.252. The van der Waals surface area contributed by atoms with Crippen molar-refractivity contribution < 1.29 is 27.8 Å². The zero-order valence-electron chi connectivity index (χ0n) is 31.3. The van der Waals surface area contributed by atoms with E-state index in [0.717, 1.165) is 51.1 Å². The van der Waals surface area contributed by atoms with Crippen molar-refractivity contribution >= 4 is 15.9 Å². The van der Waals surface area contributed by atoms with Gasteiger partial charge in [-0.25, -0.2) is 8.42 Å². The molecule has 0 bridgehead atoms. The molecule has 3 N–H and O–H groups in total. The third-order valence-electron chi connectivity index (χ3n) is 9.76. The zero-order chi connectivity index (χ0) is 38.8. The number of carbonyl (C=O) groups excluding carboxylic acids is 1. The van der Waals surface area contributed by atoms with Gasteiger partial charge in [0, 0.05) is 31.6 Å². The van der Waals surface area contributed by atoms with Gasteiger partial charge in [-0.3, -0.25) is 4.79 Å². The number of aliphatic hydroxyl groups excluding tert-OH is 1. The molecule has 1 amide bonds. The van der Waals surface area contributed by atoms with E-state index in [1.54, 1.807) is 24.3 Å². The minimum Gasteiger partial charge on any atom is -0.392 e. The van der Waals surface area contributed by atoms with E-state index in [1.165, 1.54) is 0 Å². The van der Waals surface area contributed by atoms with Gasteiger partial charge in [-0.1, -0.05) is 127 Å². The first-order valence-electron chi connectivity index (χ1n) is 18.5. The van der Waals surface area contributed by atoms with Crippen LogP contribution in [0.5, 0.6) is 0 Å². The summed E-state index contributed by atoms with van der Waals surface area (Å²) in [6, 6.07) is 38.6. The largest absolute Gasteiger partial charge is 0.392 e. The minimum absolute atomic E-state index is 0.0147. The third kappa shape index (κ3) is 10.6. The molecule has 0 radical (unpaired) electrons. The van der Waals surface area contributed by atoms with Gasteiger partial charge in [-0.05, 0) is 65.9 Å². The van der Waals surface area contributed by atoms with Crippen LogP contribution in [0, 0.1) is 6.92 Å². The van der Waals surface area contributed by atoms with Crippen molar-refractivity contribution in [2.75, 3.05) is 20.1 Å². The molecule has 1 aliphatic rings. The second-order valence-electron chi connectivity index (χ2n) is 14.0. The molecule has 55 heavy (non-hydrogen) atoms. The highest BCUT2D eigenvalue weighted by molar-refractivity contribution is 7.89. The highest BCUT2D eigenvalue weighted by Gasteiger charge is 2.33. The Bertz CT molecular complexity index is 2120. The van der Waals surface area contributed by atoms with Crippen molar-refractivity contribution in [2.24, 2.45) is 0 Å². The maximum atomic E-state index is 13.8. The number of rotatable bonds is 16. The number of likely N-dealkylation sites (N-methyl/N-ethyl adjacent to an activating group) is 1. The number of nitrogens with one attached hydrogen (secondary N) is 2. The fourth-order valence-electron chi connectivity index (χ4n) is 6.77. The van der Waals surface area contributed by atoms with Crippen LogP contribution < -0.4 is 10.0 Å². The van der Waals surface area contributed by atoms with Crippen LogP contribution in [0.15, 0.2) is 145 Å². The van der Waals surface area contributed by atoms with Gasteiger partial charge in [0.05, 0.1) is 23.7 Å². The molecular formula is C45H49N3O6S. The van der Waals surface area contributed by atoms with E-state index >= 15 is 0 Å². The Morgan fingerprint density at radius 3 is 2.24 bits per heavy atom. The molecule has 0 spiro atoms. The quantitative estimate of drug-likeness (QED) is 0.0927. The fourth-order valence-corrected chi connectivity index (χ4v) is 7.96. The molecule has 0 aliphatic carbocycles. The standard InChI is InChI=1S/C45H49N3O6S/c1-4-26-48(3)30-39-28-43(36-18-16-34(31-49)17-19-36)54-45(53-39)37-22-20-35(21-23-37)41-13-9-8-12-38(41)29-46-44(50)42(27-33-10-6-5-7-11-33)47-55(51,52)40-24-14-32(2)15-25-40/h4-25,39,42-43,45,47,49H,1,26-31H2,2-3H3,(H,46,50). The van der Waals surface area contributed by atoms with E-state index in [0.29, 0.717) is 13.0 Å². The lowest BCUT2D eigenvalue weighted by Gasteiger charge is -2.37. The SMILES string of the molecule is C=CCN(C)CC1CC(c2ccc(CO)cc2)OC(c2ccc(-c3ccccc3CNC(=O)C(Cc3ccccc3)NS(=O)(=O)c3ccc(C)cc3)cc2)O1. The van der Waals surface area contributed by atoms with Gasteiger partial charge in [-0.15, -0.1) is 6.58 Å². The van der Waals surface area contributed by atoms with Gasteiger partial charge < -0.3 is 24.8 Å². The van der Waals surface area contributed by atoms with Crippen LogP contribution in [0.25, 0.3) is 11.1 Å². The van der Waals surface area contributed by atoms with Crippen LogP contribution >= 0.6 is 0 Å². The average molecular weight is 760 g/mol. The molecule has 1 heterocycles. The Balaban J connectivity index is 1.18. The van der Waals surface area contributed by atoms with Gasteiger partial charge in [0.15, 0.2) is 6.29 Å². The van der Waals surface area contributed by atoms with E-state index < -0.39 is 28.3 Å². The van der Waals surface area contributed by atoms with E-state index in [-0.39, 0.29) is 36.7 Å². The summed E-state index contributed by atoms with van der Waals surface area (Å²) in [7, 11) is -1.93. The first-order valence-corrected chi connectivity index (χ1v) is 20.0. The molecule has 9 nitrogen and oxygen atoms in total. The molecule has 4 unspecified atom stereocenters. The average Bonchev–Trinajstić information content (AvgIpc) is 3.20. The van der Waals surface area contributed by atoms with Crippen molar-refractivity contribution in [3.05, 3.63) is 173 Å². The molecule has 1 aliphatic heterocycles. The molecule has 286 valence electrons. The van der Waals surface area contributed by atoms with Crippen molar-refractivity contribution in [1.29, 1.82) is 0 Å². The number of hydrogen-bond acceptors (Lipinski definition) is 7. The van der Waals surface area contributed by atoms with E-state index in [9.17, 15) is 18.3 Å². The predicted octanol–water partition coefficient (Wildman–Crippen LogP) is 7.02. The predicted molar refractivity (Wildman–Crippen MR) is 215 cm³/mol. The summed E-state index contributed by atoms with van der Waals surface area (Å²) >= 11 is 0. The number of hydrogen-bond donors (Lipinski definition) is 3. The van der Waals surface area contributed by atoms with E-state index in [1.807, 2.05) is 123 Å². The zero-order valence-corrected chi connectivity index (χ0v) is 32.1. The van der Waals surface area contributed by atoms with Crippen LogP contribution in [-0.2, 0) is 43.9 Å². The van der Waals surface area contributed by atoms with Crippen LogP contribution in [0.2, 0.25) is 0 Å². The lowest BCUT2D eigenvalue weighted by Crippen LogP contribution is -2.47. The summed E-state index contributed by atoms with van der Waals surface area (Å²) in [5.74, 6) is -0.426. The first kappa shape index (κ1) is 39.7. The van der Waals surface area contributed by atoms with E-state index in [4.69, 9.17) is 9.47 Å². The Kier molecular flexibility index (Phi) is 13.4. The van der Waals surface area contributed by atoms with Crippen molar-refractivity contribution in [1.82, 2.24) is 14.9 Å². The molecule has 0 aromatic heterocycles. The molecule has 1 saturated heterocycles. The smallest absolute Gasteiger partial charge is 0.241 e. The first-order chi connectivity index (χ1) is 26.6. The highest BCUT2D eigenvalue weighted by Crippen LogP contribution is 2.39. The van der Waals surface area contributed by atoms with Gasteiger partial charge in [0.2, 0.25) is 15.9 Å². The van der Waals surface area contributed by atoms with Gasteiger partial charge in [-0.2, -0.15) is 4.72 Å². The number of sulfonamides is 1. The Hall–Kier alpha value is -4.94. The van der Waals surface area contributed by atoms with Crippen LogP contribution in [0.4, 0.5) is 0 Å². The van der Waals surface area contributed by atoms with Crippen molar-refractivity contribution in [3.63, 3.8) is 0 Å². The monoisotopic (exact) mass is 759 g/mol. The normalized spacial score (nSPS) is 17.8. The number of nitrogens with zero attached hydrogens (tertiary/aromatic N) is 1. The lowest BCUT2D eigenvalue weighted by atomic mass is 9.97. The van der Waals surface area contributed by atoms with Crippen molar-refractivity contribution in [3.8, 4) is 11.1 Å². The Morgan fingerprint density at radius 2 is 1.55 bits per heavy atom. The van der Waals surface area contributed by atoms with Crippen LogP contribution in [0.1, 0.15) is 52.2 Å². The second-order valence-corrected chi connectivity index (χ2v) is 15.7. The topological polar surface area (TPSA) is 117 Å². The molecule has 10 heteroatoms. The molecule has 4 atom stereocenters. The molecular weight excluding hydrogens is 711 g/mol. The summed E-state index contributed by atoms with van der Waals surface area (Å²) in [6.07, 6.45) is 1.89. The van der Waals surface area contributed by atoms with Gasteiger partial charge >= 0.3 is 0 Å². The summed E-state index contributed by atoms with van der Waals surface area (Å²) < 4.78 is 42.5. The maximum Gasteiger partial charge on any atom is 0.241 e. The number of aliphatic hydroxyl groups is 1. The number of carbonyl (C=O) groups is 1. The number of benzene rings is 5. The molecule has 1 fully saturated rings. The van der Waals surface area contributed by atoms with Gasteiger partial charge in [0.1, 0.15) is 6.04 Å². The summed E-state index contributed by atoms with van der Waals surface area (Å²) in [5, 5.41) is 12.5.